The first-order chi connectivity index (χ1) is 12.2. The van der Waals surface area contributed by atoms with E-state index in [2.05, 4.69) is 4.98 Å². The first-order valence-corrected chi connectivity index (χ1v) is 8.41. The Morgan fingerprint density at radius 3 is 2.69 bits per heavy atom. The van der Waals surface area contributed by atoms with Gasteiger partial charge in [-0.05, 0) is 50.6 Å². The van der Waals surface area contributed by atoms with Crippen molar-refractivity contribution in [2.24, 2.45) is 0 Å². The molecule has 0 spiro atoms. The molecule has 6 heteroatoms. The van der Waals surface area contributed by atoms with Gasteiger partial charge in [0.25, 0.3) is 0 Å². The summed E-state index contributed by atoms with van der Waals surface area (Å²) in [5, 5.41) is 10.3. The number of aliphatic hydroxyl groups is 1. The van der Waals surface area contributed by atoms with Crippen molar-refractivity contribution in [1.82, 2.24) is 4.98 Å². The van der Waals surface area contributed by atoms with Gasteiger partial charge in [0.15, 0.2) is 11.2 Å². The number of ketones is 1. The molecule has 0 amide bonds. The molecule has 0 fully saturated rings. The number of carbonyl (C=O) groups excluding carboxylic acids is 1. The summed E-state index contributed by atoms with van der Waals surface area (Å²) in [7, 11) is 1.62. The van der Waals surface area contributed by atoms with Crippen LogP contribution in [-0.2, 0) is 20.9 Å². The molecule has 0 unspecified atom stereocenters. The van der Waals surface area contributed by atoms with Crippen LogP contribution in [0.5, 0.6) is 0 Å². The van der Waals surface area contributed by atoms with Crippen LogP contribution in [0.1, 0.15) is 30.7 Å². The second-order valence-corrected chi connectivity index (χ2v) is 6.67. The summed E-state index contributed by atoms with van der Waals surface area (Å²) in [6.45, 7) is 5.97. The number of rotatable bonds is 8. The van der Waals surface area contributed by atoms with Crippen molar-refractivity contribution in [3.63, 3.8) is 0 Å². The highest BCUT2D eigenvalue weighted by atomic mass is 16.5. The normalized spacial score (nSPS) is 12.2. The van der Waals surface area contributed by atoms with E-state index in [1.165, 1.54) is 26.0 Å². The summed E-state index contributed by atoms with van der Waals surface area (Å²) >= 11 is 0. The Bertz CT molecular complexity index is 874. The van der Waals surface area contributed by atoms with E-state index in [1.54, 1.807) is 20.1 Å². The smallest absolute Gasteiger partial charge is 0.192 e. The van der Waals surface area contributed by atoms with Gasteiger partial charge in [-0.1, -0.05) is 6.07 Å². The van der Waals surface area contributed by atoms with Crippen LogP contribution >= 0.6 is 0 Å². The van der Waals surface area contributed by atoms with Crippen LogP contribution in [0, 0.1) is 6.92 Å². The largest absolute Gasteiger partial charge is 0.382 e. The number of fused-ring (bicyclic) bond motifs is 1. The van der Waals surface area contributed by atoms with E-state index >= 15 is 0 Å². The van der Waals surface area contributed by atoms with Crippen molar-refractivity contribution in [2.45, 2.75) is 33.0 Å². The van der Waals surface area contributed by atoms with Crippen LogP contribution in [0.4, 0.5) is 0 Å². The molecule has 1 heterocycles. The number of carbonyl (C=O) groups is 1. The van der Waals surface area contributed by atoms with Gasteiger partial charge in [-0.2, -0.15) is 0 Å². The average Bonchev–Trinajstić information content (AvgIpc) is 2.59. The summed E-state index contributed by atoms with van der Waals surface area (Å²) in [5.41, 5.74) is 1.10. The molecule has 1 aromatic heterocycles. The van der Waals surface area contributed by atoms with Crippen molar-refractivity contribution >= 4 is 22.8 Å². The van der Waals surface area contributed by atoms with Gasteiger partial charge in [0.05, 0.1) is 25.3 Å². The van der Waals surface area contributed by atoms with Crippen LogP contribution in [0.25, 0.3) is 17.0 Å². The number of aromatic amines is 1. The molecule has 2 rings (SSSR count). The van der Waals surface area contributed by atoms with E-state index in [1.807, 2.05) is 12.1 Å². The fraction of sp³-hybridized carbons (Fsp3) is 0.400. The third-order valence-electron chi connectivity index (χ3n) is 4.05. The number of pyridine rings is 1. The molecule has 0 saturated carbocycles. The number of hydrogen-bond donors (Lipinski definition) is 2. The lowest BCUT2D eigenvalue weighted by Gasteiger charge is -2.12. The third-order valence-corrected chi connectivity index (χ3v) is 4.05. The lowest BCUT2D eigenvalue weighted by atomic mass is 10.0. The average molecular weight is 359 g/mol. The monoisotopic (exact) mass is 359 g/mol. The number of methoxy groups -OCH3 is 1. The van der Waals surface area contributed by atoms with Crippen molar-refractivity contribution in [3.05, 3.63) is 51.3 Å². The molecule has 0 aliphatic carbocycles. The van der Waals surface area contributed by atoms with E-state index in [-0.39, 0.29) is 5.43 Å². The number of aromatic nitrogens is 1. The Morgan fingerprint density at radius 1 is 1.31 bits per heavy atom. The maximum Gasteiger partial charge on any atom is 0.192 e. The van der Waals surface area contributed by atoms with E-state index in [9.17, 15) is 14.7 Å². The molecule has 2 N–H and O–H groups in total. The van der Waals surface area contributed by atoms with Crippen molar-refractivity contribution in [3.8, 4) is 0 Å². The van der Waals surface area contributed by atoms with Crippen LogP contribution in [0.3, 0.4) is 0 Å². The van der Waals surface area contributed by atoms with Gasteiger partial charge in [0.2, 0.25) is 0 Å². The Balaban J connectivity index is 2.34. The molecule has 2 aromatic rings. The fourth-order valence-electron chi connectivity index (χ4n) is 2.41. The molecule has 0 bridgehead atoms. The molecule has 6 nitrogen and oxygen atoms in total. The highest BCUT2D eigenvalue weighted by Crippen LogP contribution is 2.16. The quantitative estimate of drug-likeness (QED) is 0.558. The third kappa shape index (κ3) is 4.88. The topological polar surface area (TPSA) is 88.6 Å². The standard InChI is InChI=1S/C20H25NO5/c1-13-16(7-8-18(22)20(2,3)24)21-17-11-14(12-26-10-9-25-4)5-6-15(17)19(13)23/h5-8,11,24H,9-10,12H2,1-4H3,(H,21,23). The predicted octanol–water partition coefficient (Wildman–Crippen LogP) is 2.35. The van der Waals surface area contributed by atoms with Gasteiger partial charge < -0.3 is 19.6 Å². The van der Waals surface area contributed by atoms with E-state index in [4.69, 9.17) is 9.47 Å². The highest BCUT2D eigenvalue weighted by molar-refractivity contribution is 5.99. The number of hydrogen-bond acceptors (Lipinski definition) is 5. The van der Waals surface area contributed by atoms with E-state index < -0.39 is 11.4 Å². The number of benzene rings is 1. The highest BCUT2D eigenvalue weighted by Gasteiger charge is 2.20. The van der Waals surface area contributed by atoms with E-state index in [0.717, 1.165) is 5.56 Å². The Morgan fingerprint density at radius 2 is 2.04 bits per heavy atom. The van der Waals surface area contributed by atoms with Crippen LogP contribution in [-0.4, -0.2) is 41.8 Å². The first-order valence-electron chi connectivity index (χ1n) is 8.41. The zero-order valence-corrected chi connectivity index (χ0v) is 15.6. The summed E-state index contributed by atoms with van der Waals surface area (Å²) in [6, 6.07) is 5.49. The summed E-state index contributed by atoms with van der Waals surface area (Å²) < 4.78 is 10.4. The molecule has 140 valence electrons. The van der Waals surface area contributed by atoms with Gasteiger partial charge in [0, 0.05) is 23.8 Å². The minimum Gasteiger partial charge on any atom is -0.382 e. The molecule has 0 saturated heterocycles. The fourth-order valence-corrected chi connectivity index (χ4v) is 2.41. The Hall–Kier alpha value is -2.28. The number of H-pyrrole nitrogens is 1. The maximum atomic E-state index is 12.6. The molecular weight excluding hydrogens is 334 g/mol. The SMILES string of the molecule is COCCOCc1ccc2c(=O)c(C)c(C=CC(=O)C(C)(C)O)[nH]c2c1. The van der Waals surface area contributed by atoms with Gasteiger partial charge >= 0.3 is 0 Å². The van der Waals surface area contributed by atoms with Gasteiger partial charge in [-0.3, -0.25) is 9.59 Å². The summed E-state index contributed by atoms with van der Waals surface area (Å²) in [4.78, 5) is 27.6. The molecule has 0 aliphatic heterocycles. The zero-order chi connectivity index (χ0) is 19.3. The molecule has 0 radical (unpaired) electrons. The summed E-state index contributed by atoms with van der Waals surface area (Å²) in [5.74, 6) is -0.432. The van der Waals surface area contributed by atoms with Crippen LogP contribution < -0.4 is 5.43 Å². The van der Waals surface area contributed by atoms with Gasteiger partial charge in [-0.25, -0.2) is 0 Å². The zero-order valence-electron chi connectivity index (χ0n) is 15.6. The molecule has 0 aliphatic rings. The second kappa shape index (κ2) is 8.40. The summed E-state index contributed by atoms with van der Waals surface area (Å²) in [6.07, 6.45) is 2.81. The van der Waals surface area contributed by atoms with Crippen LogP contribution in [0.15, 0.2) is 29.1 Å². The molecule has 1 aromatic carbocycles. The first kappa shape index (κ1) is 20.0. The number of nitrogens with one attached hydrogen (secondary N) is 1. The van der Waals surface area contributed by atoms with Gasteiger partial charge in [0.1, 0.15) is 5.60 Å². The molecular formula is C20H25NO5. The Kier molecular flexibility index (Phi) is 6.47. The lowest BCUT2D eigenvalue weighted by Crippen LogP contribution is -2.29. The Labute approximate surface area is 152 Å². The lowest BCUT2D eigenvalue weighted by molar-refractivity contribution is -0.128. The number of ether oxygens (including phenoxy) is 2. The predicted molar refractivity (Wildman–Crippen MR) is 101 cm³/mol. The van der Waals surface area contributed by atoms with E-state index in [0.29, 0.717) is 42.0 Å². The van der Waals surface area contributed by atoms with Crippen molar-refractivity contribution < 1.29 is 19.4 Å². The second-order valence-electron chi connectivity index (χ2n) is 6.67. The molecule has 0 atom stereocenters. The van der Waals surface area contributed by atoms with Crippen molar-refractivity contribution in [1.29, 1.82) is 0 Å². The minimum absolute atomic E-state index is 0.0963. The van der Waals surface area contributed by atoms with Crippen LogP contribution in [0.2, 0.25) is 0 Å². The van der Waals surface area contributed by atoms with Crippen molar-refractivity contribution in [2.75, 3.05) is 20.3 Å². The molecule has 26 heavy (non-hydrogen) atoms. The van der Waals surface area contributed by atoms with Gasteiger partial charge in [-0.15, -0.1) is 0 Å². The maximum absolute atomic E-state index is 12.6. The minimum atomic E-state index is -1.45.